The second kappa shape index (κ2) is 9.42. The highest BCUT2D eigenvalue weighted by molar-refractivity contribution is 5.89. The van der Waals surface area contributed by atoms with E-state index in [0.717, 1.165) is 0 Å². The number of hydrogen-bond acceptors (Lipinski definition) is 7. The Labute approximate surface area is 150 Å². The van der Waals surface area contributed by atoms with Crippen LogP contribution in [0.25, 0.3) is 0 Å². The summed E-state index contributed by atoms with van der Waals surface area (Å²) in [7, 11) is 4.34. The lowest BCUT2D eigenvalue weighted by Crippen LogP contribution is -2.37. The van der Waals surface area contributed by atoms with E-state index in [4.69, 9.17) is 13.9 Å². The van der Waals surface area contributed by atoms with Crippen molar-refractivity contribution in [1.29, 1.82) is 0 Å². The second-order valence-electron chi connectivity index (χ2n) is 5.19. The van der Waals surface area contributed by atoms with Crippen LogP contribution in [0.4, 0.5) is 10.5 Å². The number of nitrogens with zero attached hydrogens (tertiary/aromatic N) is 2. The summed E-state index contributed by atoms with van der Waals surface area (Å²) in [6.45, 7) is 0.703. The van der Waals surface area contributed by atoms with Crippen LogP contribution in [-0.2, 0) is 16.0 Å². The van der Waals surface area contributed by atoms with E-state index in [1.165, 1.54) is 18.3 Å². The first-order valence-electron chi connectivity index (χ1n) is 7.79. The summed E-state index contributed by atoms with van der Waals surface area (Å²) in [5.74, 6) is 0.230. The highest BCUT2D eigenvalue weighted by atomic mass is 16.5. The third kappa shape index (κ3) is 5.21. The Bertz CT molecular complexity index is 746. The Hall–Kier alpha value is -3.07. The first kappa shape index (κ1) is 19.3. The van der Waals surface area contributed by atoms with Crippen LogP contribution in [0.15, 0.2) is 34.9 Å². The number of hydrogen-bond donors (Lipinski definition) is 1. The van der Waals surface area contributed by atoms with Crippen molar-refractivity contribution in [2.24, 2.45) is 0 Å². The lowest BCUT2D eigenvalue weighted by molar-refractivity contribution is 0.0594. The summed E-state index contributed by atoms with van der Waals surface area (Å²) < 4.78 is 20.0. The average Bonchev–Trinajstić information content (AvgIpc) is 3.13. The molecule has 0 saturated heterocycles. The number of esters is 1. The summed E-state index contributed by atoms with van der Waals surface area (Å²) in [6.07, 6.45) is 1.19. The number of carbonyl (C=O) groups excluding carboxylic acids is 2. The lowest BCUT2D eigenvalue weighted by atomic mass is 10.3. The van der Waals surface area contributed by atoms with Crippen molar-refractivity contribution >= 4 is 17.7 Å². The van der Waals surface area contributed by atoms with Gasteiger partial charge >= 0.3 is 12.0 Å². The van der Waals surface area contributed by atoms with Crippen molar-refractivity contribution in [3.63, 3.8) is 0 Å². The molecule has 1 N–H and O–H groups in total. The van der Waals surface area contributed by atoms with Crippen molar-refractivity contribution in [3.8, 4) is 5.75 Å². The number of nitrogens with one attached hydrogen (secondary N) is 1. The second-order valence-corrected chi connectivity index (χ2v) is 5.19. The minimum Gasteiger partial charge on any atom is -0.497 e. The number of methoxy groups -OCH3 is 3. The molecule has 0 saturated carbocycles. The zero-order chi connectivity index (χ0) is 18.9. The molecule has 0 radical (unpaired) electrons. The van der Waals surface area contributed by atoms with Gasteiger partial charge in [-0.05, 0) is 12.1 Å². The molecule has 0 aliphatic rings. The molecule has 1 heterocycles. The lowest BCUT2D eigenvalue weighted by Gasteiger charge is -2.21. The average molecular weight is 363 g/mol. The minimum atomic E-state index is -0.607. The number of aromatic nitrogens is 1. The smallest absolute Gasteiger partial charge is 0.360 e. The van der Waals surface area contributed by atoms with Crippen LogP contribution in [-0.4, -0.2) is 56.4 Å². The fourth-order valence-electron chi connectivity index (χ4n) is 2.10. The number of oxazole rings is 1. The third-order valence-corrected chi connectivity index (χ3v) is 3.45. The number of ether oxygens (including phenoxy) is 3. The van der Waals surface area contributed by atoms with Crippen molar-refractivity contribution in [2.45, 2.75) is 6.54 Å². The molecule has 0 bridgehead atoms. The Morgan fingerprint density at radius 2 is 2.08 bits per heavy atom. The SMILES string of the molecule is COCCN(Cc1nc(C(=O)OC)co1)C(=O)Nc1cccc(OC)c1. The first-order chi connectivity index (χ1) is 12.6. The molecule has 26 heavy (non-hydrogen) atoms. The van der Waals surface area contributed by atoms with Gasteiger partial charge in [-0.25, -0.2) is 14.6 Å². The van der Waals surface area contributed by atoms with Crippen LogP contribution in [0.2, 0.25) is 0 Å². The third-order valence-electron chi connectivity index (χ3n) is 3.45. The predicted molar refractivity (Wildman–Crippen MR) is 92.1 cm³/mol. The maximum Gasteiger partial charge on any atom is 0.360 e. The summed E-state index contributed by atoms with van der Waals surface area (Å²) in [5.41, 5.74) is 0.627. The van der Waals surface area contributed by atoms with E-state index in [1.54, 1.807) is 38.5 Å². The standard InChI is InChI=1S/C17H21N3O6/c1-23-8-7-20(10-15-19-14(11-26-15)16(21)25-3)17(22)18-12-5-4-6-13(9-12)24-2/h4-6,9,11H,7-8,10H2,1-3H3,(H,18,22). The van der Waals surface area contributed by atoms with E-state index in [9.17, 15) is 9.59 Å². The fourth-order valence-corrected chi connectivity index (χ4v) is 2.10. The quantitative estimate of drug-likeness (QED) is 0.717. The molecule has 0 aliphatic heterocycles. The van der Waals surface area contributed by atoms with Gasteiger partial charge in [-0.2, -0.15) is 0 Å². The van der Waals surface area contributed by atoms with Crippen LogP contribution in [0.1, 0.15) is 16.4 Å². The molecule has 0 fully saturated rings. The molecule has 1 aromatic heterocycles. The van der Waals surface area contributed by atoms with E-state index in [1.807, 2.05) is 0 Å². The van der Waals surface area contributed by atoms with Crippen LogP contribution >= 0.6 is 0 Å². The zero-order valence-electron chi connectivity index (χ0n) is 14.9. The molecule has 140 valence electrons. The normalized spacial score (nSPS) is 10.3. The van der Waals surface area contributed by atoms with Gasteiger partial charge in [0.05, 0.1) is 27.4 Å². The van der Waals surface area contributed by atoms with Gasteiger partial charge in [0, 0.05) is 25.4 Å². The molecule has 0 unspecified atom stereocenters. The fraction of sp³-hybridized carbons (Fsp3) is 0.353. The van der Waals surface area contributed by atoms with Crippen molar-refractivity contribution < 1.29 is 28.2 Å². The van der Waals surface area contributed by atoms with Gasteiger partial charge in [0.2, 0.25) is 5.89 Å². The van der Waals surface area contributed by atoms with Crippen LogP contribution in [0, 0.1) is 0 Å². The molecule has 2 amide bonds. The van der Waals surface area contributed by atoms with E-state index in [0.29, 0.717) is 24.6 Å². The number of rotatable bonds is 8. The predicted octanol–water partition coefficient (Wildman–Crippen LogP) is 2.15. The van der Waals surface area contributed by atoms with Gasteiger partial charge in [0.25, 0.3) is 0 Å². The topological polar surface area (TPSA) is 103 Å². The maximum atomic E-state index is 12.6. The summed E-state index contributed by atoms with van der Waals surface area (Å²) >= 11 is 0. The van der Waals surface area contributed by atoms with Gasteiger partial charge in [-0.1, -0.05) is 6.07 Å². The monoisotopic (exact) mass is 363 g/mol. The van der Waals surface area contributed by atoms with Crippen molar-refractivity contribution in [1.82, 2.24) is 9.88 Å². The summed E-state index contributed by atoms with van der Waals surface area (Å²) in [5, 5.41) is 2.78. The van der Waals surface area contributed by atoms with Crippen LogP contribution in [0.5, 0.6) is 5.75 Å². The van der Waals surface area contributed by atoms with Gasteiger partial charge in [0.15, 0.2) is 5.69 Å². The van der Waals surface area contributed by atoms with E-state index < -0.39 is 5.97 Å². The van der Waals surface area contributed by atoms with Gasteiger partial charge in [-0.15, -0.1) is 0 Å². The van der Waals surface area contributed by atoms with Crippen molar-refractivity contribution in [3.05, 3.63) is 42.1 Å². The molecule has 2 aromatic rings. The highest BCUT2D eigenvalue weighted by Crippen LogP contribution is 2.17. The summed E-state index contributed by atoms with van der Waals surface area (Å²) in [6, 6.07) is 6.63. The largest absolute Gasteiger partial charge is 0.497 e. The van der Waals surface area contributed by atoms with Gasteiger partial charge < -0.3 is 28.8 Å². The number of amides is 2. The maximum absolute atomic E-state index is 12.6. The molecule has 0 atom stereocenters. The minimum absolute atomic E-state index is 0.0439. The van der Waals surface area contributed by atoms with Crippen molar-refractivity contribution in [2.75, 3.05) is 39.8 Å². The molecule has 9 nitrogen and oxygen atoms in total. The molecule has 0 aliphatic carbocycles. The van der Waals surface area contributed by atoms with E-state index in [2.05, 4.69) is 15.0 Å². The first-order valence-corrected chi connectivity index (χ1v) is 7.79. The number of carbonyl (C=O) groups is 2. The molecular weight excluding hydrogens is 342 g/mol. The number of benzene rings is 1. The zero-order valence-corrected chi connectivity index (χ0v) is 14.9. The molecule has 2 rings (SSSR count). The van der Waals surface area contributed by atoms with E-state index >= 15 is 0 Å². The summed E-state index contributed by atoms with van der Waals surface area (Å²) in [4.78, 5) is 29.5. The molecule has 0 spiro atoms. The molecule has 9 heteroatoms. The van der Waals surface area contributed by atoms with Crippen LogP contribution < -0.4 is 10.1 Å². The molecular formula is C17H21N3O6. The molecule has 1 aromatic carbocycles. The van der Waals surface area contributed by atoms with E-state index in [-0.39, 0.29) is 24.2 Å². The Kier molecular flexibility index (Phi) is 6.98. The van der Waals surface area contributed by atoms with Gasteiger partial charge in [-0.3, -0.25) is 0 Å². The number of anilines is 1. The highest BCUT2D eigenvalue weighted by Gasteiger charge is 2.19. The number of urea groups is 1. The van der Waals surface area contributed by atoms with Gasteiger partial charge in [0.1, 0.15) is 12.0 Å². The Morgan fingerprint density at radius 1 is 1.27 bits per heavy atom. The van der Waals surface area contributed by atoms with Crippen LogP contribution in [0.3, 0.4) is 0 Å². The Morgan fingerprint density at radius 3 is 2.77 bits per heavy atom. The Balaban J connectivity index is 2.08.